The second-order valence-electron chi connectivity index (χ2n) is 14.8. The molecule has 0 radical (unpaired) electrons. The lowest BCUT2D eigenvalue weighted by molar-refractivity contribution is -0.0408. The molecule has 1 heterocycles. The van der Waals surface area contributed by atoms with Crippen molar-refractivity contribution in [3.8, 4) is 0 Å². The maximum atomic E-state index is 15.3. The van der Waals surface area contributed by atoms with Crippen LogP contribution in [0.1, 0.15) is 54.1 Å². The van der Waals surface area contributed by atoms with E-state index in [1.807, 2.05) is 133 Å². The lowest BCUT2D eigenvalue weighted by atomic mass is 9.90. The van der Waals surface area contributed by atoms with Gasteiger partial charge in [-0.3, -0.25) is 9.59 Å². The molecule has 0 saturated carbocycles. The van der Waals surface area contributed by atoms with Crippen molar-refractivity contribution < 1.29 is 24.6 Å². The number of nitrogens with one attached hydrogen (secondary N) is 2. The number of nitrogens with zero attached hydrogens (tertiary/aromatic N) is 2. The Morgan fingerprint density at radius 2 is 0.776 bits per heavy atom. The SMILES string of the molecule is O=C(NCc1ccccc1)c1cccc(CN2C(=O)N(Cc3cccc(C(=O)NCc4ccccc4)c3)[C@H](Cc3ccccc3)[C@H](O)[C@@H](O)[C@H]2Cc2ccccc2)c1. The van der Waals surface area contributed by atoms with Crippen LogP contribution in [0.15, 0.2) is 170 Å². The molecule has 6 aromatic rings. The number of urea groups is 1. The number of hydrogen-bond donors (Lipinski definition) is 4. The van der Waals surface area contributed by atoms with Gasteiger partial charge in [0.2, 0.25) is 0 Å². The predicted octanol–water partition coefficient (Wildman–Crippen LogP) is 6.93. The number of hydrogen-bond acceptors (Lipinski definition) is 5. The molecule has 0 unspecified atom stereocenters. The Morgan fingerprint density at radius 3 is 1.14 bits per heavy atom. The summed E-state index contributed by atoms with van der Waals surface area (Å²) in [7, 11) is 0. The summed E-state index contributed by atoms with van der Waals surface area (Å²) in [6.45, 7) is 0.865. The summed E-state index contributed by atoms with van der Waals surface area (Å²) in [4.78, 5) is 45.2. The van der Waals surface area contributed by atoms with Crippen LogP contribution in [0.4, 0.5) is 4.79 Å². The minimum absolute atomic E-state index is 0.0659. The third-order valence-electron chi connectivity index (χ3n) is 10.7. The number of aliphatic hydroxyl groups is 2. The standard InChI is InChI=1S/C49H48N4O5/c54-45-43(29-35-15-5-1-6-16-35)52(33-39-23-13-25-41(27-39)47(56)50-31-37-19-9-3-10-20-37)49(58)53(44(46(45)55)30-36-17-7-2-8-18-36)34-40-24-14-26-42(28-40)48(57)51-32-38-21-11-4-12-22-38/h1-28,43-46,54-55H,29-34H2,(H,50,56)(H,51,57)/t43-,44-,45+,46+/m1/s1. The molecule has 9 heteroatoms. The summed E-state index contributed by atoms with van der Waals surface area (Å²) >= 11 is 0. The van der Waals surface area contributed by atoms with Gasteiger partial charge in [0, 0.05) is 37.3 Å². The van der Waals surface area contributed by atoms with Gasteiger partial charge in [0.25, 0.3) is 11.8 Å². The van der Waals surface area contributed by atoms with Crippen LogP contribution in [-0.2, 0) is 39.0 Å². The van der Waals surface area contributed by atoms with Gasteiger partial charge >= 0.3 is 6.03 Å². The first kappa shape index (κ1) is 39.7. The van der Waals surface area contributed by atoms with Crippen molar-refractivity contribution in [1.82, 2.24) is 20.4 Å². The largest absolute Gasteiger partial charge is 0.388 e. The van der Waals surface area contributed by atoms with E-state index >= 15 is 4.79 Å². The summed E-state index contributed by atoms with van der Waals surface area (Å²) in [5, 5.41) is 30.3. The second-order valence-corrected chi connectivity index (χ2v) is 14.8. The molecule has 1 aliphatic rings. The van der Waals surface area contributed by atoms with E-state index in [-0.39, 0.29) is 43.8 Å². The Bertz CT molecular complexity index is 2110. The Hall–Kier alpha value is -6.55. The van der Waals surface area contributed by atoms with Gasteiger partial charge in [0.05, 0.1) is 12.1 Å². The minimum Gasteiger partial charge on any atom is -0.388 e. The van der Waals surface area contributed by atoms with Crippen LogP contribution < -0.4 is 10.6 Å². The van der Waals surface area contributed by atoms with Gasteiger partial charge in [-0.2, -0.15) is 0 Å². The molecule has 7 rings (SSSR count). The van der Waals surface area contributed by atoms with Crippen molar-refractivity contribution in [2.75, 3.05) is 0 Å². The van der Waals surface area contributed by atoms with Crippen LogP contribution in [0.5, 0.6) is 0 Å². The molecule has 1 aliphatic heterocycles. The highest BCUT2D eigenvalue weighted by Gasteiger charge is 2.46. The molecule has 1 fully saturated rings. The predicted molar refractivity (Wildman–Crippen MR) is 224 cm³/mol. The van der Waals surface area contributed by atoms with Crippen LogP contribution in [0, 0.1) is 0 Å². The van der Waals surface area contributed by atoms with Gasteiger partial charge < -0.3 is 30.6 Å². The summed E-state index contributed by atoms with van der Waals surface area (Å²) < 4.78 is 0. The average molecular weight is 773 g/mol. The number of benzene rings is 6. The van der Waals surface area contributed by atoms with Crippen LogP contribution in [0.2, 0.25) is 0 Å². The van der Waals surface area contributed by atoms with Crippen molar-refractivity contribution in [3.05, 3.63) is 214 Å². The molecule has 0 spiro atoms. The number of rotatable bonds is 14. The monoisotopic (exact) mass is 772 g/mol. The number of amides is 4. The maximum Gasteiger partial charge on any atom is 0.321 e. The van der Waals surface area contributed by atoms with Gasteiger partial charge in [-0.1, -0.05) is 146 Å². The van der Waals surface area contributed by atoms with Gasteiger partial charge in [-0.05, 0) is 70.5 Å². The van der Waals surface area contributed by atoms with Crippen molar-refractivity contribution in [2.24, 2.45) is 0 Å². The van der Waals surface area contributed by atoms with Crippen LogP contribution in [-0.4, -0.2) is 62.1 Å². The van der Waals surface area contributed by atoms with Crippen molar-refractivity contribution in [2.45, 2.75) is 63.3 Å². The summed E-state index contributed by atoms with van der Waals surface area (Å²) in [5.74, 6) is -0.497. The van der Waals surface area contributed by atoms with Gasteiger partial charge in [-0.25, -0.2) is 4.79 Å². The van der Waals surface area contributed by atoms with Crippen LogP contribution >= 0.6 is 0 Å². The molecule has 0 aliphatic carbocycles. The van der Waals surface area contributed by atoms with Crippen molar-refractivity contribution in [1.29, 1.82) is 0 Å². The number of carbonyl (C=O) groups excluding carboxylic acids is 3. The molecular weight excluding hydrogens is 725 g/mol. The van der Waals surface area contributed by atoms with E-state index in [0.29, 0.717) is 35.3 Å². The minimum atomic E-state index is -1.32. The molecule has 0 bridgehead atoms. The zero-order chi connectivity index (χ0) is 40.3. The quantitative estimate of drug-likeness (QED) is 0.0958. The van der Waals surface area contributed by atoms with Crippen LogP contribution in [0.25, 0.3) is 0 Å². The molecule has 294 valence electrons. The van der Waals surface area contributed by atoms with Gasteiger partial charge in [0.1, 0.15) is 12.2 Å². The zero-order valence-corrected chi connectivity index (χ0v) is 32.2. The Balaban J connectivity index is 1.21. The van der Waals surface area contributed by atoms with E-state index in [0.717, 1.165) is 22.3 Å². The van der Waals surface area contributed by atoms with Gasteiger partial charge in [0.15, 0.2) is 0 Å². The van der Waals surface area contributed by atoms with Gasteiger partial charge in [-0.15, -0.1) is 0 Å². The highest BCUT2D eigenvalue weighted by molar-refractivity contribution is 5.95. The lowest BCUT2D eigenvalue weighted by Crippen LogP contribution is -2.50. The van der Waals surface area contributed by atoms with E-state index in [2.05, 4.69) is 10.6 Å². The highest BCUT2D eigenvalue weighted by atomic mass is 16.3. The fourth-order valence-electron chi connectivity index (χ4n) is 7.59. The molecule has 9 nitrogen and oxygen atoms in total. The van der Waals surface area contributed by atoms with Crippen molar-refractivity contribution in [3.63, 3.8) is 0 Å². The van der Waals surface area contributed by atoms with E-state index in [1.54, 1.807) is 46.2 Å². The smallest absolute Gasteiger partial charge is 0.321 e. The topological polar surface area (TPSA) is 122 Å². The number of aliphatic hydroxyl groups excluding tert-OH is 2. The third-order valence-corrected chi connectivity index (χ3v) is 10.7. The molecular formula is C49H48N4O5. The first-order valence-electron chi connectivity index (χ1n) is 19.7. The Morgan fingerprint density at radius 1 is 0.448 bits per heavy atom. The summed E-state index contributed by atoms with van der Waals surface area (Å²) in [5.41, 5.74) is 6.01. The molecule has 1 saturated heterocycles. The van der Waals surface area contributed by atoms with E-state index in [1.165, 1.54) is 0 Å². The summed E-state index contributed by atoms with van der Waals surface area (Å²) in [6.07, 6.45) is -2.08. The van der Waals surface area contributed by atoms with E-state index in [4.69, 9.17) is 0 Å². The van der Waals surface area contributed by atoms with Crippen molar-refractivity contribution >= 4 is 17.8 Å². The molecule has 0 aromatic heterocycles. The molecule has 6 aromatic carbocycles. The van der Waals surface area contributed by atoms with E-state index in [9.17, 15) is 19.8 Å². The lowest BCUT2D eigenvalue weighted by Gasteiger charge is -2.36. The normalized spacial score (nSPS) is 18.0. The Kier molecular flexibility index (Phi) is 13.0. The first-order valence-corrected chi connectivity index (χ1v) is 19.7. The average Bonchev–Trinajstić information content (AvgIpc) is 3.33. The van der Waals surface area contributed by atoms with E-state index < -0.39 is 24.3 Å². The molecule has 4 atom stereocenters. The second kappa shape index (κ2) is 19.1. The molecule has 4 N–H and O–H groups in total. The maximum absolute atomic E-state index is 15.3. The fraction of sp³-hybridized carbons (Fsp3) is 0.204. The number of carbonyl (C=O) groups is 3. The summed E-state index contributed by atoms with van der Waals surface area (Å²) in [6, 6.07) is 50.8. The third kappa shape index (κ3) is 10.1. The molecule has 4 amide bonds. The van der Waals surface area contributed by atoms with Crippen LogP contribution in [0.3, 0.4) is 0 Å². The Labute approximate surface area is 339 Å². The zero-order valence-electron chi connectivity index (χ0n) is 32.2. The highest BCUT2D eigenvalue weighted by Crippen LogP contribution is 2.30. The fourth-order valence-corrected chi connectivity index (χ4v) is 7.59. The first-order chi connectivity index (χ1) is 28.3. The molecule has 58 heavy (non-hydrogen) atoms.